The van der Waals surface area contributed by atoms with E-state index in [-0.39, 0.29) is 5.82 Å². The van der Waals surface area contributed by atoms with E-state index >= 15 is 0 Å². The van der Waals surface area contributed by atoms with Crippen molar-refractivity contribution >= 4 is 21.5 Å². The Bertz CT molecular complexity index is 1120. The van der Waals surface area contributed by atoms with Crippen LogP contribution in [0.4, 0.5) is 4.39 Å². The highest BCUT2D eigenvalue weighted by Gasteiger charge is 2.13. The summed E-state index contributed by atoms with van der Waals surface area (Å²) in [5.74, 6) is 0.719. The topological polar surface area (TPSA) is 12.9 Å². The van der Waals surface area contributed by atoms with E-state index in [0.29, 0.717) is 17.2 Å². The Balaban J connectivity index is 2.02. The molecule has 0 fully saturated rings. The molecule has 3 aromatic carbocycles. The van der Waals surface area contributed by atoms with Gasteiger partial charge in [0.05, 0.1) is 5.69 Å². The van der Waals surface area contributed by atoms with Crippen LogP contribution in [-0.4, -0.2) is 4.98 Å². The van der Waals surface area contributed by atoms with Crippen molar-refractivity contribution in [2.75, 3.05) is 0 Å². The van der Waals surface area contributed by atoms with Gasteiger partial charge in [0.25, 0.3) is 0 Å². The smallest absolute Gasteiger partial charge is 0.131 e. The van der Waals surface area contributed by atoms with E-state index < -0.39 is 0 Å². The van der Waals surface area contributed by atoms with Gasteiger partial charge in [-0.25, -0.2) is 4.39 Å². The highest BCUT2D eigenvalue weighted by molar-refractivity contribution is 6.11. The van der Waals surface area contributed by atoms with Crippen LogP contribution in [0.25, 0.3) is 32.8 Å². The second-order valence-electron chi connectivity index (χ2n) is 7.85. The van der Waals surface area contributed by atoms with Crippen LogP contribution >= 0.6 is 0 Å². The van der Waals surface area contributed by atoms with E-state index in [1.54, 1.807) is 6.07 Å². The lowest BCUT2D eigenvalue weighted by Gasteiger charge is -2.15. The van der Waals surface area contributed by atoms with Crippen LogP contribution in [0.3, 0.4) is 0 Å². The summed E-state index contributed by atoms with van der Waals surface area (Å²) in [5.41, 5.74) is 4.73. The first-order chi connectivity index (χ1) is 13.0. The maximum absolute atomic E-state index is 14.2. The third-order valence-electron chi connectivity index (χ3n) is 5.33. The van der Waals surface area contributed by atoms with Crippen LogP contribution in [0, 0.1) is 5.82 Å². The van der Waals surface area contributed by atoms with Gasteiger partial charge in [0, 0.05) is 22.5 Å². The third kappa shape index (κ3) is 3.10. The predicted molar refractivity (Wildman–Crippen MR) is 113 cm³/mol. The lowest BCUT2D eigenvalue weighted by Crippen LogP contribution is -1.96. The standard InChI is InChI=1S/C25H24FN/c1-15(2)17-12-18(16(3)4)14-19(13-17)25-23-9-8-22-20(6-5-7-24(22)26)21(23)10-11-27-25/h5-16H,1-4H3. The van der Waals surface area contributed by atoms with Gasteiger partial charge >= 0.3 is 0 Å². The Kier molecular flexibility index (Phi) is 4.43. The van der Waals surface area contributed by atoms with E-state index in [2.05, 4.69) is 45.9 Å². The van der Waals surface area contributed by atoms with Crippen molar-refractivity contribution in [1.29, 1.82) is 0 Å². The molecule has 0 radical (unpaired) electrons. The molecular weight excluding hydrogens is 333 g/mol. The van der Waals surface area contributed by atoms with Gasteiger partial charge in [0.15, 0.2) is 0 Å². The van der Waals surface area contributed by atoms with Crippen molar-refractivity contribution in [3.63, 3.8) is 0 Å². The monoisotopic (exact) mass is 357 g/mol. The molecule has 0 amide bonds. The summed E-state index contributed by atoms with van der Waals surface area (Å²) in [7, 11) is 0. The first-order valence-electron chi connectivity index (χ1n) is 9.57. The zero-order chi connectivity index (χ0) is 19.1. The summed E-state index contributed by atoms with van der Waals surface area (Å²) in [4.78, 5) is 4.71. The van der Waals surface area contributed by atoms with Crippen molar-refractivity contribution in [3.05, 3.63) is 77.7 Å². The minimum absolute atomic E-state index is 0.184. The number of hydrogen-bond donors (Lipinski definition) is 0. The fourth-order valence-corrected chi connectivity index (χ4v) is 3.69. The molecule has 0 bridgehead atoms. The molecule has 0 aliphatic carbocycles. The average molecular weight is 357 g/mol. The van der Waals surface area contributed by atoms with Crippen molar-refractivity contribution < 1.29 is 4.39 Å². The van der Waals surface area contributed by atoms with Gasteiger partial charge in [-0.3, -0.25) is 4.98 Å². The molecule has 0 atom stereocenters. The van der Waals surface area contributed by atoms with Crippen LogP contribution in [-0.2, 0) is 0 Å². The Morgan fingerprint density at radius 3 is 2.00 bits per heavy atom. The molecule has 27 heavy (non-hydrogen) atoms. The summed E-state index contributed by atoms with van der Waals surface area (Å²) in [6.45, 7) is 8.87. The molecule has 1 aromatic heterocycles. The minimum atomic E-state index is -0.184. The lowest BCUT2D eigenvalue weighted by molar-refractivity contribution is 0.640. The molecule has 0 saturated heterocycles. The zero-order valence-corrected chi connectivity index (χ0v) is 16.3. The number of benzene rings is 3. The number of aromatic nitrogens is 1. The third-order valence-corrected chi connectivity index (χ3v) is 5.33. The summed E-state index contributed by atoms with van der Waals surface area (Å²) >= 11 is 0. The summed E-state index contributed by atoms with van der Waals surface area (Å²) < 4.78 is 14.2. The minimum Gasteiger partial charge on any atom is -0.256 e. The molecule has 0 aliphatic heterocycles. The summed E-state index contributed by atoms with van der Waals surface area (Å²) in [6.07, 6.45) is 1.83. The van der Waals surface area contributed by atoms with Crippen molar-refractivity contribution in [2.24, 2.45) is 0 Å². The molecule has 0 unspecified atom stereocenters. The van der Waals surface area contributed by atoms with Gasteiger partial charge in [-0.2, -0.15) is 0 Å². The maximum Gasteiger partial charge on any atom is 0.131 e. The Labute approximate surface area is 159 Å². The van der Waals surface area contributed by atoms with Crippen LogP contribution in [0.5, 0.6) is 0 Å². The first-order valence-corrected chi connectivity index (χ1v) is 9.57. The molecule has 0 saturated carbocycles. The maximum atomic E-state index is 14.2. The Morgan fingerprint density at radius 1 is 0.704 bits per heavy atom. The van der Waals surface area contributed by atoms with E-state index in [1.807, 2.05) is 30.5 Å². The molecule has 2 heteroatoms. The van der Waals surface area contributed by atoms with Crippen molar-refractivity contribution in [3.8, 4) is 11.3 Å². The SMILES string of the molecule is CC(C)c1cc(-c2nccc3c2ccc2c(F)cccc23)cc(C(C)C)c1. The quantitative estimate of drug-likeness (QED) is 0.347. The number of rotatable bonds is 3. The van der Waals surface area contributed by atoms with Crippen molar-refractivity contribution in [2.45, 2.75) is 39.5 Å². The van der Waals surface area contributed by atoms with E-state index in [1.165, 1.54) is 17.2 Å². The van der Waals surface area contributed by atoms with Gasteiger partial charge < -0.3 is 0 Å². The second-order valence-corrected chi connectivity index (χ2v) is 7.85. The van der Waals surface area contributed by atoms with Crippen LogP contribution in [0.1, 0.15) is 50.7 Å². The van der Waals surface area contributed by atoms with Gasteiger partial charge in [0.1, 0.15) is 5.82 Å². The number of hydrogen-bond acceptors (Lipinski definition) is 1. The highest BCUT2D eigenvalue weighted by atomic mass is 19.1. The largest absolute Gasteiger partial charge is 0.256 e. The van der Waals surface area contributed by atoms with Gasteiger partial charge in [-0.1, -0.05) is 58.0 Å². The summed E-state index contributed by atoms with van der Waals surface area (Å²) in [6, 6.07) is 17.9. The van der Waals surface area contributed by atoms with E-state index in [9.17, 15) is 4.39 Å². The molecule has 0 N–H and O–H groups in total. The number of halogens is 1. The molecule has 1 nitrogen and oxygen atoms in total. The average Bonchev–Trinajstić information content (AvgIpc) is 2.67. The normalized spacial score (nSPS) is 11.8. The van der Waals surface area contributed by atoms with Crippen LogP contribution < -0.4 is 0 Å². The van der Waals surface area contributed by atoms with Gasteiger partial charge in [-0.15, -0.1) is 0 Å². The summed E-state index contributed by atoms with van der Waals surface area (Å²) in [5, 5.41) is 3.69. The molecule has 0 spiro atoms. The predicted octanol–water partition coefficient (Wildman–Crippen LogP) is 7.44. The highest BCUT2D eigenvalue weighted by Crippen LogP contribution is 2.35. The fraction of sp³-hybridized carbons (Fsp3) is 0.240. The van der Waals surface area contributed by atoms with E-state index in [4.69, 9.17) is 4.98 Å². The fourth-order valence-electron chi connectivity index (χ4n) is 3.69. The molecule has 0 aliphatic rings. The number of fused-ring (bicyclic) bond motifs is 3. The first kappa shape index (κ1) is 17.7. The molecular formula is C25H24FN. The molecule has 4 aromatic rings. The number of nitrogens with zero attached hydrogens (tertiary/aromatic N) is 1. The Hall–Kier alpha value is -2.74. The zero-order valence-electron chi connectivity index (χ0n) is 16.3. The van der Waals surface area contributed by atoms with E-state index in [0.717, 1.165) is 27.4 Å². The molecule has 136 valence electrons. The molecule has 1 heterocycles. The van der Waals surface area contributed by atoms with Crippen LogP contribution in [0.15, 0.2) is 60.8 Å². The Morgan fingerprint density at radius 2 is 1.33 bits per heavy atom. The second kappa shape index (κ2) is 6.77. The number of pyridine rings is 1. The van der Waals surface area contributed by atoms with Gasteiger partial charge in [-0.05, 0) is 58.0 Å². The van der Waals surface area contributed by atoms with Crippen LogP contribution in [0.2, 0.25) is 0 Å². The van der Waals surface area contributed by atoms with Gasteiger partial charge in [0.2, 0.25) is 0 Å². The molecule has 4 rings (SSSR count). The van der Waals surface area contributed by atoms with Crippen molar-refractivity contribution in [1.82, 2.24) is 4.98 Å². The lowest BCUT2D eigenvalue weighted by atomic mass is 9.90.